The van der Waals surface area contributed by atoms with Gasteiger partial charge in [-0.15, -0.1) is 0 Å². The molecule has 1 aliphatic rings. The number of carbonyl (C=O) groups excluding carboxylic acids is 1. The van der Waals surface area contributed by atoms with E-state index in [2.05, 4.69) is 15.2 Å². The molecule has 2 rings (SSSR count). The third-order valence-corrected chi connectivity index (χ3v) is 2.77. The lowest BCUT2D eigenvalue weighted by Crippen LogP contribution is -2.14. The van der Waals surface area contributed by atoms with Crippen molar-refractivity contribution in [1.29, 1.82) is 0 Å². The Hall–Kier alpha value is -3.74. The molecule has 0 aliphatic carbocycles. The second-order valence-corrected chi connectivity index (χ2v) is 4.51. The second kappa shape index (κ2) is 10.1. The van der Waals surface area contributed by atoms with Gasteiger partial charge in [0.15, 0.2) is 0 Å². The molecule has 0 saturated carbocycles. The van der Waals surface area contributed by atoms with Crippen molar-refractivity contribution >= 4 is 30.6 Å². The van der Waals surface area contributed by atoms with Crippen LogP contribution >= 0.6 is 0 Å². The molecule has 1 aliphatic heterocycles. The van der Waals surface area contributed by atoms with Gasteiger partial charge in [0.2, 0.25) is 5.91 Å². The van der Waals surface area contributed by atoms with Gasteiger partial charge in [-0.2, -0.15) is 10.2 Å². The Morgan fingerprint density at radius 3 is 2.76 bits per heavy atom. The van der Waals surface area contributed by atoms with Gasteiger partial charge >= 0.3 is 0 Å². The molecule has 7 heteroatoms. The Morgan fingerprint density at radius 1 is 1.00 bits per heavy atom. The van der Waals surface area contributed by atoms with Crippen molar-refractivity contribution < 1.29 is 14.3 Å². The molecule has 0 radical (unpaired) electrons. The average Bonchev–Trinajstić information content (AvgIpc) is 2.61. The summed E-state index contributed by atoms with van der Waals surface area (Å²) in [6.45, 7) is 0. The Kier molecular flexibility index (Phi) is 7.12. The molecule has 126 valence electrons. The van der Waals surface area contributed by atoms with Gasteiger partial charge in [-0.3, -0.25) is 9.79 Å². The summed E-state index contributed by atoms with van der Waals surface area (Å²) in [6, 6.07) is 7.14. The monoisotopic (exact) mass is 336 g/mol. The van der Waals surface area contributed by atoms with Crippen molar-refractivity contribution in [2.24, 2.45) is 20.9 Å². The Morgan fingerprint density at radius 2 is 1.88 bits per heavy atom. The number of primary amides is 1. The SMILES string of the molecule is NC(=O)C1=Cc2ccccc2OC=COC=CC=CN=CC=NN=C1. The van der Waals surface area contributed by atoms with Gasteiger partial charge in [-0.05, 0) is 24.3 Å². The van der Waals surface area contributed by atoms with Gasteiger partial charge in [0.1, 0.15) is 18.3 Å². The van der Waals surface area contributed by atoms with E-state index in [1.165, 1.54) is 37.4 Å². The van der Waals surface area contributed by atoms with Crippen molar-refractivity contribution in [1.82, 2.24) is 0 Å². The fourth-order valence-corrected chi connectivity index (χ4v) is 1.67. The summed E-state index contributed by atoms with van der Waals surface area (Å²) >= 11 is 0. The van der Waals surface area contributed by atoms with Crippen molar-refractivity contribution in [2.75, 3.05) is 0 Å². The highest BCUT2D eigenvalue weighted by atomic mass is 16.5. The van der Waals surface area contributed by atoms with Crippen LogP contribution in [0.5, 0.6) is 5.75 Å². The number of amides is 1. The van der Waals surface area contributed by atoms with Crippen molar-refractivity contribution in [3.8, 4) is 5.75 Å². The first kappa shape index (κ1) is 17.6. The summed E-state index contributed by atoms with van der Waals surface area (Å²) in [5.41, 5.74) is 6.20. The van der Waals surface area contributed by atoms with E-state index in [4.69, 9.17) is 15.2 Å². The third-order valence-electron chi connectivity index (χ3n) is 2.77. The molecule has 0 unspecified atom stereocenters. The Balaban J connectivity index is 2.35. The first-order valence-corrected chi connectivity index (χ1v) is 7.25. The molecule has 2 N–H and O–H groups in total. The molecule has 25 heavy (non-hydrogen) atoms. The molecule has 0 spiro atoms. The number of benzene rings is 1. The number of aliphatic imine (C=N–C) groups is 1. The van der Waals surface area contributed by atoms with E-state index in [1.807, 2.05) is 6.07 Å². The topological polar surface area (TPSA) is 98.6 Å². The van der Waals surface area contributed by atoms with Crippen LogP contribution in [-0.2, 0) is 9.53 Å². The largest absolute Gasteiger partial charge is 0.469 e. The van der Waals surface area contributed by atoms with E-state index in [1.54, 1.807) is 42.6 Å². The Labute approximate surface area is 144 Å². The van der Waals surface area contributed by atoms with Crippen LogP contribution in [0.25, 0.3) is 6.08 Å². The minimum Gasteiger partial charge on any atom is -0.469 e. The highest BCUT2D eigenvalue weighted by Gasteiger charge is 2.05. The standard InChI is InChI=1S/C18H16N4O3/c19-18(23)16-13-15-5-1-2-6-17(15)25-12-11-24-10-4-3-7-20-8-9-21-22-14-16/h1-14H,(H2,19,23). The number of hydrogen-bond acceptors (Lipinski definition) is 6. The number of nitrogens with two attached hydrogens (primary N) is 1. The van der Waals surface area contributed by atoms with E-state index in [0.717, 1.165) is 0 Å². The summed E-state index contributed by atoms with van der Waals surface area (Å²) in [5.74, 6) is -0.112. The zero-order chi connectivity index (χ0) is 17.7. The second-order valence-electron chi connectivity index (χ2n) is 4.51. The highest BCUT2D eigenvalue weighted by molar-refractivity contribution is 6.17. The predicted molar refractivity (Wildman–Crippen MR) is 98.2 cm³/mol. The van der Waals surface area contributed by atoms with Crippen LogP contribution < -0.4 is 10.5 Å². The summed E-state index contributed by atoms with van der Waals surface area (Å²) < 4.78 is 10.6. The lowest BCUT2D eigenvalue weighted by molar-refractivity contribution is -0.114. The van der Waals surface area contributed by atoms with E-state index < -0.39 is 5.91 Å². The number of para-hydroxylation sites is 1. The average molecular weight is 336 g/mol. The van der Waals surface area contributed by atoms with E-state index in [-0.39, 0.29) is 5.57 Å². The molecule has 0 fully saturated rings. The minimum atomic E-state index is -0.635. The first-order valence-electron chi connectivity index (χ1n) is 7.25. The van der Waals surface area contributed by atoms with Crippen LogP contribution in [0, 0.1) is 0 Å². The lowest BCUT2D eigenvalue weighted by Gasteiger charge is -2.05. The number of nitrogens with zero attached hydrogens (tertiary/aromatic N) is 3. The zero-order valence-electron chi connectivity index (χ0n) is 13.2. The van der Waals surface area contributed by atoms with Gasteiger partial charge in [0, 0.05) is 18.0 Å². The quantitative estimate of drug-likeness (QED) is 0.853. The summed E-state index contributed by atoms with van der Waals surface area (Å²) in [7, 11) is 0. The molecule has 1 amide bonds. The first-order chi connectivity index (χ1) is 12.3. The third kappa shape index (κ3) is 6.49. The van der Waals surface area contributed by atoms with Gasteiger partial charge in [0.25, 0.3) is 0 Å². The predicted octanol–water partition coefficient (Wildman–Crippen LogP) is 2.59. The van der Waals surface area contributed by atoms with E-state index in [0.29, 0.717) is 11.3 Å². The molecule has 7 nitrogen and oxygen atoms in total. The smallest absolute Gasteiger partial charge is 0.250 e. The van der Waals surface area contributed by atoms with Crippen molar-refractivity contribution in [2.45, 2.75) is 0 Å². The molecule has 0 aromatic heterocycles. The molecule has 0 atom stereocenters. The molecule has 1 aromatic carbocycles. The van der Waals surface area contributed by atoms with Crippen LogP contribution in [0.15, 0.2) is 82.2 Å². The van der Waals surface area contributed by atoms with Crippen molar-refractivity contribution in [3.05, 3.63) is 72.5 Å². The maximum atomic E-state index is 11.6. The normalized spacial score (nSPS) is 14.6. The van der Waals surface area contributed by atoms with Crippen LogP contribution in [0.4, 0.5) is 0 Å². The summed E-state index contributed by atoms with van der Waals surface area (Å²) in [4.78, 5) is 15.5. The number of fused-ring (bicyclic) bond motifs is 1. The molecule has 1 aromatic rings. The maximum Gasteiger partial charge on any atom is 0.250 e. The number of carbonyl (C=O) groups is 1. The molecular weight excluding hydrogens is 320 g/mol. The van der Waals surface area contributed by atoms with Crippen LogP contribution in [0.1, 0.15) is 5.56 Å². The van der Waals surface area contributed by atoms with Crippen LogP contribution in [0.2, 0.25) is 0 Å². The molecule has 1 heterocycles. The van der Waals surface area contributed by atoms with Crippen molar-refractivity contribution in [3.63, 3.8) is 0 Å². The van der Waals surface area contributed by atoms with Crippen LogP contribution in [-0.4, -0.2) is 24.6 Å². The number of hydrogen-bond donors (Lipinski definition) is 1. The summed E-state index contributed by atoms with van der Waals surface area (Å²) in [6.07, 6.45) is 14.8. The van der Waals surface area contributed by atoms with Crippen LogP contribution in [0.3, 0.4) is 0 Å². The minimum absolute atomic E-state index is 0.175. The number of rotatable bonds is 1. The number of ether oxygens (including phenoxy) is 2. The Bertz CT molecular complexity index is 802. The molecular formula is C18H16N4O3. The van der Waals surface area contributed by atoms with Gasteiger partial charge < -0.3 is 15.2 Å². The summed E-state index contributed by atoms with van der Waals surface area (Å²) in [5, 5.41) is 7.53. The number of allylic oxidation sites excluding steroid dienone is 2. The van der Waals surface area contributed by atoms with Gasteiger partial charge in [0.05, 0.1) is 24.3 Å². The lowest BCUT2D eigenvalue weighted by atomic mass is 10.1. The van der Waals surface area contributed by atoms with E-state index in [9.17, 15) is 4.79 Å². The fraction of sp³-hybridized carbons (Fsp3) is 0. The maximum absolute atomic E-state index is 11.6. The van der Waals surface area contributed by atoms with Gasteiger partial charge in [-0.25, -0.2) is 0 Å². The highest BCUT2D eigenvalue weighted by Crippen LogP contribution is 2.21. The van der Waals surface area contributed by atoms with Gasteiger partial charge in [-0.1, -0.05) is 18.2 Å². The zero-order valence-corrected chi connectivity index (χ0v) is 13.2. The fourth-order valence-electron chi connectivity index (χ4n) is 1.67. The molecule has 0 bridgehead atoms. The molecule has 0 saturated heterocycles. The van der Waals surface area contributed by atoms with E-state index >= 15 is 0 Å².